The second-order valence-corrected chi connectivity index (χ2v) is 7.90. The van der Waals surface area contributed by atoms with Gasteiger partial charge in [-0.25, -0.2) is 0 Å². The van der Waals surface area contributed by atoms with Crippen LogP contribution in [0.4, 0.5) is 6.01 Å². The van der Waals surface area contributed by atoms with Crippen molar-refractivity contribution in [2.75, 3.05) is 31.2 Å². The first kappa shape index (κ1) is 16.7. The molecule has 2 aromatic carbocycles. The minimum Gasteiger partial charge on any atom is -0.424 e. The van der Waals surface area contributed by atoms with E-state index in [0.29, 0.717) is 48.3 Å². The number of aromatic nitrogens is 1. The van der Waals surface area contributed by atoms with Crippen LogP contribution in [0.3, 0.4) is 0 Å². The third-order valence-corrected chi connectivity index (χ3v) is 6.01. The number of ether oxygens (including phenoxy) is 1. The molecule has 4 aromatic rings. The van der Waals surface area contributed by atoms with Crippen molar-refractivity contribution in [1.29, 1.82) is 0 Å². The van der Waals surface area contributed by atoms with Gasteiger partial charge in [-0.15, -0.1) is 11.3 Å². The summed E-state index contributed by atoms with van der Waals surface area (Å²) in [6, 6.07) is 14.1. The van der Waals surface area contributed by atoms with Crippen LogP contribution in [0, 0.1) is 0 Å². The van der Waals surface area contributed by atoms with Crippen molar-refractivity contribution >= 4 is 50.0 Å². The fraction of sp³-hybridized carbons (Fsp3) is 0.200. The number of nitrogens with zero attached hydrogens (tertiary/aromatic N) is 2. The fourth-order valence-electron chi connectivity index (χ4n) is 3.31. The van der Waals surface area contributed by atoms with E-state index in [2.05, 4.69) is 23.2 Å². The Morgan fingerprint density at radius 2 is 1.93 bits per heavy atom. The average Bonchev–Trinajstić information content (AvgIpc) is 3.12. The van der Waals surface area contributed by atoms with E-state index in [0.717, 1.165) is 15.8 Å². The zero-order chi connectivity index (χ0) is 18.4. The highest BCUT2D eigenvalue weighted by atomic mass is 35.5. The van der Waals surface area contributed by atoms with Crippen molar-refractivity contribution in [3.8, 4) is 10.4 Å². The predicted octanol–water partition coefficient (Wildman–Crippen LogP) is 4.56. The summed E-state index contributed by atoms with van der Waals surface area (Å²) in [6.45, 7) is 2.47. The maximum Gasteiger partial charge on any atom is 0.301 e. The molecule has 27 heavy (non-hydrogen) atoms. The average molecular weight is 399 g/mol. The summed E-state index contributed by atoms with van der Waals surface area (Å²) in [5.74, 6) is 0. The first-order chi connectivity index (χ1) is 13.2. The molecule has 5 rings (SSSR count). The van der Waals surface area contributed by atoms with Crippen LogP contribution in [0.5, 0.6) is 0 Å². The maximum atomic E-state index is 12.7. The number of thiophene rings is 1. The van der Waals surface area contributed by atoms with E-state index in [1.807, 2.05) is 23.1 Å². The molecule has 3 heterocycles. The number of morpholine rings is 1. The van der Waals surface area contributed by atoms with Gasteiger partial charge in [-0.1, -0.05) is 29.8 Å². The summed E-state index contributed by atoms with van der Waals surface area (Å²) in [7, 11) is 0. The number of anilines is 1. The summed E-state index contributed by atoms with van der Waals surface area (Å²) in [5.41, 5.74) is 1.00. The summed E-state index contributed by atoms with van der Waals surface area (Å²) in [5, 5.41) is 2.03. The molecule has 0 atom stereocenters. The molecule has 1 saturated heterocycles. The van der Waals surface area contributed by atoms with Crippen molar-refractivity contribution in [2.45, 2.75) is 0 Å². The van der Waals surface area contributed by atoms with Crippen molar-refractivity contribution in [2.24, 2.45) is 0 Å². The largest absolute Gasteiger partial charge is 0.424 e. The molecule has 136 valence electrons. The van der Waals surface area contributed by atoms with Gasteiger partial charge in [0, 0.05) is 33.3 Å². The van der Waals surface area contributed by atoms with Gasteiger partial charge in [-0.2, -0.15) is 4.98 Å². The van der Waals surface area contributed by atoms with Crippen LogP contribution in [-0.2, 0) is 4.74 Å². The number of benzene rings is 2. The van der Waals surface area contributed by atoms with E-state index < -0.39 is 0 Å². The van der Waals surface area contributed by atoms with Crippen LogP contribution in [-0.4, -0.2) is 31.3 Å². The third-order valence-electron chi connectivity index (χ3n) is 4.65. The van der Waals surface area contributed by atoms with Gasteiger partial charge in [0.05, 0.1) is 18.6 Å². The molecule has 0 saturated carbocycles. The Morgan fingerprint density at radius 1 is 1.11 bits per heavy atom. The Bertz CT molecular complexity index is 1180. The molecule has 1 aliphatic heterocycles. The second-order valence-electron chi connectivity index (χ2n) is 6.38. The second kappa shape index (κ2) is 6.64. The quantitative estimate of drug-likeness (QED) is 0.495. The van der Waals surface area contributed by atoms with Crippen molar-refractivity contribution in [3.05, 3.63) is 57.8 Å². The van der Waals surface area contributed by atoms with Gasteiger partial charge in [0.25, 0.3) is 5.56 Å². The van der Waals surface area contributed by atoms with Crippen LogP contribution < -0.4 is 10.5 Å². The Hall–Kier alpha value is -2.41. The van der Waals surface area contributed by atoms with Crippen molar-refractivity contribution in [3.63, 3.8) is 0 Å². The molecule has 0 N–H and O–H groups in total. The number of halogens is 1. The van der Waals surface area contributed by atoms with Gasteiger partial charge in [0.2, 0.25) is 0 Å². The fourth-order valence-corrected chi connectivity index (χ4v) is 4.61. The molecule has 0 radical (unpaired) electrons. The predicted molar refractivity (Wildman–Crippen MR) is 109 cm³/mol. The standard InChI is InChI=1S/C20H15ClN2O3S/c21-13-10-14(17-9-12-3-1-2-4-16(12)27-17)18-15(11-13)19(24)22-20(26-18)23-5-7-25-8-6-23/h1-4,9-11H,5-8H2. The minimum absolute atomic E-state index is 0.331. The normalized spacial score (nSPS) is 14.9. The Morgan fingerprint density at radius 3 is 2.74 bits per heavy atom. The highest BCUT2D eigenvalue weighted by Gasteiger charge is 2.20. The van der Waals surface area contributed by atoms with Gasteiger partial charge in [-0.05, 0) is 29.7 Å². The highest BCUT2D eigenvalue weighted by molar-refractivity contribution is 7.22. The Kier molecular flexibility index (Phi) is 4.11. The number of hydrogen-bond acceptors (Lipinski definition) is 6. The lowest BCUT2D eigenvalue weighted by Gasteiger charge is -2.26. The smallest absolute Gasteiger partial charge is 0.301 e. The number of fused-ring (bicyclic) bond motifs is 2. The lowest BCUT2D eigenvalue weighted by molar-refractivity contribution is 0.120. The minimum atomic E-state index is -0.331. The Labute approximate surface area is 163 Å². The molecular formula is C20H15ClN2O3S. The number of rotatable bonds is 2. The van der Waals surface area contributed by atoms with Crippen LogP contribution in [0.2, 0.25) is 5.02 Å². The summed E-state index contributed by atoms with van der Waals surface area (Å²) in [4.78, 5) is 19.7. The SMILES string of the molecule is O=c1nc(N2CCOCC2)oc2c(-c3cc4ccccc4s3)cc(Cl)cc12. The summed E-state index contributed by atoms with van der Waals surface area (Å²) >= 11 is 7.95. The molecule has 1 fully saturated rings. The van der Waals surface area contributed by atoms with Gasteiger partial charge < -0.3 is 14.1 Å². The molecule has 1 aliphatic rings. The molecule has 5 nitrogen and oxygen atoms in total. The van der Waals surface area contributed by atoms with Crippen LogP contribution in [0.25, 0.3) is 31.5 Å². The molecule has 0 spiro atoms. The molecule has 0 aliphatic carbocycles. The Balaban J connectivity index is 1.75. The molecule has 0 bridgehead atoms. The van der Waals surface area contributed by atoms with Gasteiger partial charge in [0.1, 0.15) is 0 Å². The van der Waals surface area contributed by atoms with Crippen LogP contribution >= 0.6 is 22.9 Å². The summed E-state index contributed by atoms with van der Waals surface area (Å²) < 4.78 is 12.7. The zero-order valence-electron chi connectivity index (χ0n) is 14.3. The van der Waals surface area contributed by atoms with E-state index >= 15 is 0 Å². The topological polar surface area (TPSA) is 55.6 Å². The maximum absolute atomic E-state index is 12.7. The van der Waals surface area contributed by atoms with Gasteiger partial charge in [-0.3, -0.25) is 4.79 Å². The van der Waals surface area contributed by atoms with Crippen LogP contribution in [0.15, 0.2) is 51.7 Å². The molecule has 7 heteroatoms. The zero-order valence-corrected chi connectivity index (χ0v) is 15.8. The van der Waals surface area contributed by atoms with Crippen LogP contribution in [0.1, 0.15) is 0 Å². The first-order valence-corrected chi connectivity index (χ1v) is 9.84. The van der Waals surface area contributed by atoms with E-state index in [9.17, 15) is 4.79 Å². The first-order valence-electron chi connectivity index (χ1n) is 8.65. The molecular weight excluding hydrogens is 384 g/mol. The molecule has 2 aromatic heterocycles. The van der Waals surface area contributed by atoms with E-state index in [4.69, 9.17) is 20.8 Å². The number of hydrogen-bond donors (Lipinski definition) is 0. The molecule has 0 amide bonds. The third kappa shape index (κ3) is 3.00. The monoisotopic (exact) mass is 398 g/mol. The lowest BCUT2D eigenvalue weighted by Crippen LogP contribution is -2.37. The van der Waals surface area contributed by atoms with Crippen molar-refractivity contribution < 1.29 is 9.15 Å². The lowest BCUT2D eigenvalue weighted by atomic mass is 10.1. The van der Waals surface area contributed by atoms with E-state index in [-0.39, 0.29) is 5.56 Å². The van der Waals surface area contributed by atoms with Gasteiger partial charge >= 0.3 is 6.01 Å². The molecule has 0 unspecified atom stereocenters. The summed E-state index contributed by atoms with van der Waals surface area (Å²) in [6.07, 6.45) is 0. The highest BCUT2D eigenvalue weighted by Crippen LogP contribution is 2.38. The van der Waals surface area contributed by atoms with E-state index in [1.54, 1.807) is 17.4 Å². The van der Waals surface area contributed by atoms with Crippen molar-refractivity contribution in [1.82, 2.24) is 4.98 Å². The van der Waals surface area contributed by atoms with Gasteiger partial charge in [0.15, 0.2) is 5.58 Å². The van der Waals surface area contributed by atoms with E-state index in [1.165, 1.54) is 4.70 Å².